The molecule has 0 aliphatic heterocycles. The van der Waals surface area contributed by atoms with Gasteiger partial charge in [0.05, 0.1) is 27.8 Å². The van der Waals surface area contributed by atoms with E-state index in [4.69, 9.17) is 5.73 Å². The van der Waals surface area contributed by atoms with E-state index in [0.717, 1.165) is 18.2 Å². The molecule has 2 N–H and O–H groups in total. The van der Waals surface area contributed by atoms with E-state index in [9.17, 15) is 17.4 Å². The summed E-state index contributed by atoms with van der Waals surface area (Å²) < 4.78 is 51.1. The fraction of sp³-hybridized carbons (Fsp3) is 0.250. The maximum absolute atomic E-state index is 12.5. The van der Waals surface area contributed by atoms with Gasteiger partial charge in [0, 0.05) is 23.8 Å². The number of nitrogens with two attached hydrogens (primary N) is 1. The predicted molar refractivity (Wildman–Crippen MR) is 69.4 cm³/mol. The minimum absolute atomic E-state index is 0.112. The van der Waals surface area contributed by atoms with Crippen molar-refractivity contribution in [1.82, 2.24) is 9.78 Å². The zero-order valence-electron chi connectivity index (χ0n) is 10.3. The fourth-order valence-electron chi connectivity index (χ4n) is 1.65. The van der Waals surface area contributed by atoms with Gasteiger partial charge in [0.25, 0.3) is 0 Å². The molecule has 1 aromatic heterocycles. The first-order valence-corrected chi connectivity index (χ1v) is 7.02. The van der Waals surface area contributed by atoms with E-state index < -0.39 is 22.5 Å². The van der Waals surface area contributed by atoms with Crippen LogP contribution in [-0.4, -0.2) is 19.7 Å². The van der Waals surface area contributed by atoms with Crippen LogP contribution in [0.25, 0.3) is 0 Å². The summed E-state index contributed by atoms with van der Waals surface area (Å²) in [6, 6.07) is 4.59. The van der Waals surface area contributed by atoms with E-state index in [-0.39, 0.29) is 16.3 Å². The Balaban J connectivity index is 2.10. The van der Waals surface area contributed by atoms with Crippen LogP contribution in [0, 0.1) is 0 Å². The Labute approximate surface area is 115 Å². The van der Waals surface area contributed by atoms with Crippen LogP contribution in [0.3, 0.4) is 0 Å². The van der Waals surface area contributed by atoms with Gasteiger partial charge in [-0.05, 0) is 24.3 Å². The average molecular weight is 303 g/mol. The van der Waals surface area contributed by atoms with E-state index in [1.54, 1.807) is 23.1 Å². The number of anilines is 1. The van der Waals surface area contributed by atoms with Crippen LogP contribution in [-0.2, 0) is 23.5 Å². The summed E-state index contributed by atoms with van der Waals surface area (Å²) in [6.45, 7) is 0.403. The number of alkyl halides is 3. The molecule has 0 fully saturated rings. The molecule has 8 heteroatoms. The number of nitrogens with zero attached hydrogens (tertiary/aromatic N) is 2. The zero-order valence-corrected chi connectivity index (χ0v) is 11.1. The topological polar surface area (TPSA) is 60.9 Å². The lowest BCUT2D eigenvalue weighted by Gasteiger charge is -2.10. The molecule has 0 saturated heterocycles. The van der Waals surface area contributed by atoms with Gasteiger partial charge < -0.3 is 5.73 Å². The Morgan fingerprint density at radius 3 is 2.65 bits per heavy atom. The van der Waals surface area contributed by atoms with Gasteiger partial charge in [-0.3, -0.25) is 8.89 Å². The number of aryl methyl sites for hydroxylation is 1. The smallest absolute Gasteiger partial charge is 0.398 e. The molecule has 2 rings (SSSR count). The highest BCUT2D eigenvalue weighted by atomic mass is 32.2. The summed E-state index contributed by atoms with van der Waals surface area (Å²) in [7, 11) is -1.47. The monoisotopic (exact) mass is 303 g/mol. The minimum Gasteiger partial charge on any atom is -0.398 e. The van der Waals surface area contributed by atoms with Crippen molar-refractivity contribution in [3.8, 4) is 0 Å². The number of halogens is 3. The lowest BCUT2D eigenvalue weighted by atomic mass is 10.2. The van der Waals surface area contributed by atoms with Crippen molar-refractivity contribution < 1.29 is 17.4 Å². The third-order valence-electron chi connectivity index (χ3n) is 2.65. The summed E-state index contributed by atoms with van der Waals surface area (Å²) in [6.07, 6.45) is -1.15. The highest BCUT2D eigenvalue weighted by Gasteiger charge is 2.31. The van der Waals surface area contributed by atoms with Crippen LogP contribution in [0.2, 0.25) is 0 Å². The van der Waals surface area contributed by atoms with E-state index in [1.807, 2.05) is 0 Å². The van der Waals surface area contributed by atoms with Gasteiger partial charge >= 0.3 is 6.18 Å². The van der Waals surface area contributed by atoms with Crippen LogP contribution < -0.4 is 5.73 Å². The van der Waals surface area contributed by atoms with E-state index in [0.29, 0.717) is 6.54 Å². The van der Waals surface area contributed by atoms with Gasteiger partial charge in [-0.15, -0.1) is 0 Å². The molecule has 20 heavy (non-hydrogen) atoms. The molecule has 4 nitrogen and oxygen atoms in total. The molecule has 1 heterocycles. The Kier molecular flexibility index (Phi) is 4.12. The Morgan fingerprint density at radius 1 is 1.35 bits per heavy atom. The number of rotatable bonds is 4. The first kappa shape index (κ1) is 14.6. The second-order valence-electron chi connectivity index (χ2n) is 4.07. The lowest BCUT2D eigenvalue weighted by molar-refractivity contribution is -0.137. The number of nitrogen functional groups attached to an aromatic ring is 1. The molecule has 0 radical (unpaired) electrons. The average Bonchev–Trinajstić information content (AvgIpc) is 2.87. The third-order valence-corrected chi connectivity index (χ3v) is 4.06. The molecule has 0 aliphatic carbocycles. The number of hydrogen-bond donors (Lipinski definition) is 1. The maximum atomic E-state index is 12.5. The number of hydrogen-bond acceptors (Lipinski definition) is 3. The highest BCUT2D eigenvalue weighted by Crippen LogP contribution is 2.32. The van der Waals surface area contributed by atoms with E-state index >= 15 is 0 Å². The second-order valence-corrected chi connectivity index (χ2v) is 5.61. The Bertz CT molecular complexity index is 611. The summed E-state index contributed by atoms with van der Waals surface area (Å²) in [5.74, 6) is 0.233. The van der Waals surface area contributed by atoms with Crippen LogP contribution >= 0.6 is 0 Å². The SMILES string of the molecule is Nc1cc(C(F)(F)F)ccc1S(=O)CCn1cccn1. The molecule has 0 amide bonds. The van der Waals surface area contributed by atoms with Crippen molar-refractivity contribution in [3.63, 3.8) is 0 Å². The Morgan fingerprint density at radius 2 is 2.10 bits per heavy atom. The van der Waals surface area contributed by atoms with Crippen molar-refractivity contribution in [3.05, 3.63) is 42.2 Å². The van der Waals surface area contributed by atoms with Crippen LogP contribution in [0.1, 0.15) is 5.56 Å². The van der Waals surface area contributed by atoms with E-state index in [1.165, 1.54) is 0 Å². The van der Waals surface area contributed by atoms with Crippen LogP contribution in [0.5, 0.6) is 0 Å². The molecule has 1 atom stereocenters. The van der Waals surface area contributed by atoms with Gasteiger partial charge in [-0.25, -0.2) is 0 Å². The van der Waals surface area contributed by atoms with Crippen LogP contribution in [0.4, 0.5) is 18.9 Å². The zero-order chi connectivity index (χ0) is 14.8. The number of benzene rings is 1. The molecular formula is C12H12F3N3OS. The third kappa shape index (κ3) is 3.38. The predicted octanol–water partition coefficient (Wildman–Crippen LogP) is 2.29. The van der Waals surface area contributed by atoms with Crippen molar-refractivity contribution in [2.24, 2.45) is 0 Å². The highest BCUT2D eigenvalue weighted by molar-refractivity contribution is 7.85. The quantitative estimate of drug-likeness (QED) is 0.882. The molecule has 1 aromatic carbocycles. The van der Waals surface area contributed by atoms with Crippen LogP contribution in [0.15, 0.2) is 41.6 Å². The molecule has 0 bridgehead atoms. The standard InChI is InChI=1S/C12H12F3N3OS/c13-12(14,15)9-2-3-11(10(16)8-9)20(19)7-6-18-5-1-4-17-18/h1-5,8H,6-7,16H2. The van der Waals surface area contributed by atoms with Crippen molar-refractivity contribution >= 4 is 16.5 Å². The summed E-state index contributed by atoms with van der Waals surface area (Å²) in [5, 5.41) is 3.95. The largest absolute Gasteiger partial charge is 0.416 e. The molecular weight excluding hydrogens is 291 g/mol. The normalized spacial score (nSPS) is 13.3. The maximum Gasteiger partial charge on any atom is 0.416 e. The van der Waals surface area contributed by atoms with Gasteiger partial charge in [0.1, 0.15) is 0 Å². The molecule has 108 valence electrons. The first-order chi connectivity index (χ1) is 9.38. The summed E-state index contributed by atoms with van der Waals surface area (Å²) in [4.78, 5) is 0.213. The van der Waals surface area contributed by atoms with Crippen molar-refractivity contribution in [1.29, 1.82) is 0 Å². The molecule has 0 aliphatic rings. The van der Waals surface area contributed by atoms with Gasteiger partial charge in [-0.2, -0.15) is 18.3 Å². The summed E-state index contributed by atoms with van der Waals surface area (Å²) >= 11 is 0. The van der Waals surface area contributed by atoms with E-state index in [2.05, 4.69) is 5.10 Å². The molecule has 2 aromatic rings. The molecule has 0 spiro atoms. The van der Waals surface area contributed by atoms with Gasteiger partial charge in [-0.1, -0.05) is 0 Å². The molecule has 1 unspecified atom stereocenters. The van der Waals surface area contributed by atoms with Gasteiger partial charge in [0.15, 0.2) is 0 Å². The lowest BCUT2D eigenvalue weighted by Crippen LogP contribution is -2.11. The van der Waals surface area contributed by atoms with Crippen molar-refractivity contribution in [2.75, 3.05) is 11.5 Å². The van der Waals surface area contributed by atoms with Gasteiger partial charge in [0.2, 0.25) is 0 Å². The second kappa shape index (κ2) is 5.66. The molecule has 0 saturated carbocycles. The minimum atomic E-state index is -4.46. The first-order valence-electron chi connectivity index (χ1n) is 5.70. The Hall–Kier alpha value is -1.83. The summed E-state index contributed by atoms with van der Waals surface area (Å²) in [5.41, 5.74) is 4.60. The fourth-order valence-corrected chi connectivity index (χ4v) is 2.77. The number of aromatic nitrogens is 2. The van der Waals surface area contributed by atoms with Crippen molar-refractivity contribution in [2.45, 2.75) is 17.6 Å².